The molecule has 0 unspecified atom stereocenters. The molecule has 1 amide bonds. The van der Waals surface area contributed by atoms with Gasteiger partial charge in [0.15, 0.2) is 5.82 Å². The fraction of sp³-hybridized carbons (Fsp3) is 0.550. The fourth-order valence-electron chi connectivity index (χ4n) is 3.80. The van der Waals surface area contributed by atoms with Crippen molar-refractivity contribution in [1.29, 1.82) is 0 Å². The fourth-order valence-corrected chi connectivity index (χ4v) is 3.80. The zero-order chi connectivity index (χ0) is 18.8. The molecule has 7 heteroatoms. The summed E-state index contributed by atoms with van der Waals surface area (Å²) in [4.78, 5) is 19.7. The number of para-hydroxylation sites is 1. The van der Waals surface area contributed by atoms with Crippen LogP contribution in [0.5, 0.6) is 5.75 Å². The van der Waals surface area contributed by atoms with E-state index in [4.69, 9.17) is 14.5 Å². The van der Waals surface area contributed by atoms with Crippen LogP contribution in [-0.4, -0.2) is 59.4 Å². The maximum Gasteiger partial charge on any atom is 0.257 e. The van der Waals surface area contributed by atoms with Crippen LogP contribution in [0.3, 0.4) is 0 Å². The molecule has 2 atom stereocenters. The largest absolute Gasteiger partial charge is 0.493 e. The molecule has 27 heavy (non-hydrogen) atoms. The Balaban J connectivity index is 1.54. The Morgan fingerprint density at radius 2 is 2.11 bits per heavy atom. The first-order valence-electron chi connectivity index (χ1n) is 9.63. The van der Waals surface area contributed by atoms with Crippen molar-refractivity contribution in [3.63, 3.8) is 0 Å². The summed E-state index contributed by atoms with van der Waals surface area (Å²) in [5.41, 5.74) is 0.604. The van der Waals surface area contributed by atoms with Crippen molar-refractivity contribution in [3.05, 3.63) is 41.5 Å². The molecule has 1 aromatic heterocycles. The number of benzene rings is 1. The lowest BCUT2D eigenvalue weighted by molar-refractivity contribution is 0.0771. The highest BCUT2D eigenvalue weighted by Crippen LogP contribution is 2.39. The predicted molar refractivity (Wildman–Crippen MR) is 100.0 cm³/mol. The lowest BCUT2D eigenvalue weighted by Crippen LogP contribution is -2.29. The summed E-state index contributed by atoms with van der Waals surface area (Å²) in [6, 6.07) is 7.42. The van der Waals surface area contributed by atoms with E-state index in [1.165, 1.54) is 12.8 Å². The van der Waals surface area contributed by atoms with Gasteiger partial charge in [-0.15, -0.1) is 0 Å². The van der Waals surface area contributed by atoms with Crippen molar-refractivity contribution in [1.82, 2.24) is 20.1 Å². The second kappa shape index (κ2) is 7.68. The van der Waals surface area contributed by atoms with Gasteiger partial charge in [0.1, 0.15) is 11.6 Å². The number of methoxy groups -OCH3 is 1. The number of aromatic nitrogens is 3. The van der Waals surface area contributed by atoms with Gasteiger partial charge < -0.3 is 14.4 Å². The third kappa shape index (κ3) is 3.69. The van der Waals surface area contributed by atoms with E-state index >= 15 is 0 Å². The lowest BCUT2D eigenvalue weighted by Gasteiger charge is -2.18. The molecule has 0 radical (unpaired) electrons. The normalized spacial score (nSPS) is 22.2. The molecular formula is C20H26N4O3. The first-order valence-corrected chi connectivity index (χ1v) is 9.63. The number of hydrogen-bond acceptors (Lipinski definition) is 5. The number of H-pyrrole nitrogens is 1. The Hall–Kier alpha value is -2.41. The molecule has 144 valence electrons. The number of carbonyl (C=O) groups is 1. The molecule has 1 aliphatic carbocycles. The zero-order valence-corrected chi connectivity index (χ0v) is 15.9. The highest BCUT2D eigenvalue weighted by molar-refractivity contribution is 5.97. The van der Waals surface area contributed by atoms with E-state index in [0.29, 0.717) is 43.5 Å². The summed E-state index contributed by atoms with van der Waals surface area (Å²) >= 11 is 0. The Morgan fingerprint density at radius 3 is 2.85 bits per heavy atom. The van der Waals surface area contributed by atoms with Crippen molar-refractivity contribution in [2.24, 2.45) is 5.92 Å². The summed E-state index contributed by atoms with van der Waals surface area (Å²) in [6.45, 7) is 4.27. The zero-order valence-electron chi connectivity index (χ0n) is 15.9. The molecular weight excluding hydrogens is 344 g/mol. The van der Waals surface area contributed by atoms with Crippen LogP contribution in [0.25, 0.3) is 0 Å². The average molecular weight is 370 g/mol. The number of hydrogen-bond donors (Lipinski definition) is 1. The number of likely N-dealkylation sites (tertiary alicyclic amines) is 1. The molecule has 0 spiro atoms. The van der Waals surface area contributed by atoms with Gasteiger partial charge in [-0.3, -0.25) is 9.89 Å². The van der Waals surface area contributed by atoms with E-state index < -0.39 is 0 Å². The topological polar surface area (TPSA) is 80.3 Å². The summed E-state index contributed by atoms with van der Waals surface area (Å²) in [6.07, 6.45) is 2.34. The van der Waals surface area contributed by atoms with Gasteiger partial charge in [-0.2, -0.15) is 5.10 Å². The second-order valence-corrected chi connectivity index (χ2v) is 7.31. The minimum atomic E-state index is -0.00964. The van der Waals surface area contributed by atoms with E-state index in [1.54, 1.807) is 7.11 Å². The SMILES string of the molecule is CCOc1ccccc1C(=O)N1C[C@@H](COC)[C@H](c2nc(C3CC3)n[nH]2)C1. The molecule has 1 saturated heterocycles. The minimum Gasteiger partial charge on any atom is -0.493 e. The molecule has 7 nitrogen and oxygen atoms in total. The Morgan fingerprint density at radius 1 is 1.30 bits per heavy atom. The molecule has 0 bridgehead atoms. The summed E-state index contributed by atoms with van der Waals surface area (Å²) in [7, 11) is 1.70. The highest BCUT2D eigenvalue weighted by atomic mass is 16.5. The van der Waals surface area contributed by atoms with E-state index in [-0.39, 0.29) is 17.7 Å². The van der Waals surface area contributed by atoms with Gasteiger partial charge in [-0.05, 0) is 31.9 Å². The summed E-state index contributed by atoms with van der Waals surface area (Å²) in [5.74, 6) is 3.21. The van der Waals surface area contributed by atoms with Crippen LogP contribution < -0.4 is 4.74 Å². The Bertz CT molecular complexity index is 802. The van der Waals surface area contributed by atoms with Crippen molar-refractivity contribution in [2.75, 3.05) is 33.4 Å². The average Bonchev–Trinajstić information content (AvgIpc) is 3.26. The van der Waals surface area contributed by atoms with Crippen molar-refractivity contribution in [3.8, 4) is 5.75 Å². The number of ether oxygens (including phenoxy) is 2. The van der Waals surface area contributed by atoms with Crippen LogP contribution in [0.4, 0.5) is 0 Å². The number of aromatic amines is 1. The molecule has 4 rings (SSSR count). The number of rotatable bonds is 7. The number of carbonyl (C=O) groups excluding carboxylic acids is 1. The number of amides is 1. The molecule has 1 N–H and O–H groups in total. The second-order valence-electron chi connectivity index (χ2n) is 7.31. The highest BCUT2D eigenvalue weighted by Gasteiger charge is 2.39. The van der Waals surface area contributed by atoms with Gasteiger partial charge in [0.2, 0.25) is 0 Å². The smallest absolute Gasteiger partial charge is 0.257 e. The Kier molecular flexibility index (Phi) is 5.11. The van der Waals surface area contributed by atoms with E-state index in [0.717, 1.165) is 11.6 Å². The summed E-state index contributed by atoms with van der Waals surface area (Å²) < 4.78 is 11.1. The predicted octanol–water partition coefficient (Wildman–Crippen LogP) is 2.58. The van der Waals surface area contributed by atoms with Crippen LogP contribution in [0.2, 0.25) is 0 Å². The maximum absolute atomic E-state index is 13.2. The van der Waals surface area contributed by atoms with E-state index in [9.17, 15) is 4.79 Å². The molecule has 2 aliphatic rings. The van der Waals surface area contributed by atoms with Crippen LogP contribution in [0.15, 0.2) is 24.3 Å². The van der Waals surface area contributed by atoms with Crippen LogP contribution in [0.1, 0.15) is 53.6 Å². The molecule has 2 heterocycles. The number of nitrogens with one attached hydrogen (secondary N) is 1. The van der Waals surface area contributed by atoms with Crippen LogP contribution in [-0.2, 0) is 4.74 Å². The molecule has 1 aromatic carbocycles. The maximum atomic E-state index is 13.2. The van der Waals surface area contributed by atoms with E-state index in [2.05, 4.69) is 10.2 Å². The first kappa shape index (κ1) is 18.0. The third-order valence-corrected chi connectivity index (χ3v) is 5.34. The van der Waals surface area contributed by atoms with Crippen molar-refractivity contribution in [2.45, 2.75) is 31.6 Å². The van der Waals surface area contributed by atoms with E-state index in [1.807, 2.05) is 36.1 Å². The number of nitrogens with zero attached hydrogens (tertiary/aromatic N) is 3. The first-order chi connectivity index (χ1) is 13.2. The van der Waals surface area contributed by atoms with Gasteiger partial charge in [0, 0.05) is 38.0 Å². The van der Waals surface area contributed by atoms with Gasteiger partial charge >= 0.3 is 0 Å². The molecule has 2 aromatic rings. The van der Waals surface area contributed by atoms with Crippen molar-refractivity contribution >= 4 is 5.91 Å². The third-order valence-electron chi connectivity index (χ3n) is 5.34. The van der Waals surface area contributed by atoms with Gasteiger partial charge in [-0.1, -0.05) is 12.1 Å². The standard InChI is InChI=1S/C20H26N4O3/c1-3-27-17-7-5-4-6-15(17)20(25)24-10-14(12-26-2)16(11-24)19-21-18(22-23-19)13-8-9-13/h4-7,13-14,16H,3,8-12H2,1-2H3,(H,21,22,23)/t14-,16+/m0/s1. The molecule has 1 aliphatic heterocycles. The summed E-state index contributed by atoms with van der Waals surface area (Å²) in [5, 5.41) is 7.49. The van der Waals surface area contributed by atoms with Crippen LogP contribution >= 0.6 is 0 Å². The Labute approximate surface area is 159 Å². The quantitative estimate of drug-likeness (QED) is 0.810. The minimum absolute atomic E-state index is 0.00964. The lowest BCUT2D eigenvalue weighted by atomic mass is 9.96. The van der Waals surface area contributed by atoms with Gasteiger partial charge in [-0.25, -0.2) is 4.98 Å². The monoisotopic (exact) mass is 370 g/mol. The van der Waals surface area contributed by atoms with Gasteiger partial charge in [0.05, 0.1) is 18.8 Å². The molecule has 2 fully saturated rings. The van der Waals surface area contributed by atoms with Crippen LogP contribution in [0, 0.1) is 5.92 Å². The van der Waals surface area contributed by atoms with Gasteiger partial charge in [0.25, 0.3) is 5.91 Å². The van der Waals surface area contributed by atoms with Crippen molar-refractivity contribution < 1.29 is 14.3 Å². The molecule has 1 saturated carbocycles.